The Kier molecular flexibility index (Phi) is 4.31. The minimum absolute atomic E-state index is 0.0467. The van der Waals surface area contributed by atoms with Crippen molar-refractivity contribution in [1.29, 1.82) is 0 Å². The van der Waals surface area contributed by atoms with E-state index in [1.54, 1.807) is 6.07 Å². The highest BCUT2D eigenvalue weighted by Gasteiger charge is 2.16. The van der Waals surface area contributed by atoms with Crippen molar-refractivity contribution in [2.24, 2.45) is 0 Å². The van der Waals surface area contributed by atoms with Gasteiger partial charge in [0.05, 0.1) is 17.3 Å². The molecule has 0 unspecified atom stereocenters. The van der Waals surface area contributed by atoms with Gasteiger partial charge in [-0.05, 0) is 12.1 Å². The molecule has 1 N–H and O–H groups in total. The van der Waals surface area contributed by atoms with Crippen LogP contribution >= 0.6 is 23.2 Å². The van der Waals surface area contributed by atoms with Gasteiger partial charge < -0.3 is 0 Å². The molecule has 0 atom stereocenters. The fourth-order valence-corrected chi connectivity index (χ4v) is 2.53. The highest BCUT2D eigenvalue weighted by atomic mass is 35.5. The summed E-state index contributed by atoms with van der Waals surface area (Å²) in [6, 6.07) is 2.84. The summed E-state index contributed by atoms with van der Waals surface area (Å²) in [6.45, 7) is 0.0467. The van der Waals surface area contributed by atoms with Crippen LogP contribution in [-0.4, -0.2) is 23.4 Å². The SMILES string of the molecule is O=S(=O)(NCc1ccncn1)c1cnc(Cl)c(Cl)c1. The molecule has 9 heteroatoms. The molecule has 0 amide bonds. The highest BCUT2D eigenvalue weighted by molar-refractivity contribution is 7.89. The molecule has 0 aromatic carbocycles. The van der Waals surface area contributed by atoms with Crippen molar-refractivity contribution >= 4 is 33.2 Å². The van der Waals surface area contributed by atoms with E-state index in [1.165, 1.54) is 18.6 Å². The van der Waals surface area contributed by atoms with Gasteiger partial charge in [0.25, 0.3) is 0 Å². The third-order valence-electron chi connectivity index (χ3n) is 2.17. The van der Waals surface area contributed by atoms with Gasteiger partial charge in [0.1, 0.15) is 16.4 Å². The number of rotatable bonds is 4. The summed E-state index contributed by atoms with van der Waals surface area (Å²) in [5, 5.41) is 0.128. The lowest BCUT2D eigenvalue weighted by molar-refractivity contribution is 0.580. The molecule has 6 nitrogen and oxygen atoms in total. The topological polar surface area (TPSA) is 84.8 Å². The predicted octanol–water partition coefficient (Wildman–Crippen LogP) is 1.66. The molecule has 0 fully saturated rings. The molecule has 0 radical (unpaired) electrons. The van der Waals surface area contributed by atoms with Gasteiger partial charge in [-0.1, -0.05) is 23.2 Å². The second-order valence-electron chi connectivity index (χ2n) is 3.47. The number of sulfonamides is 1. The van der Waals surface area contributed by atoms with Crippen molar-refractivity contribution in [2.75, 3.05) is 0 Å². The minimum atomic E-state index is -3.71. The smallest absolute Gasteiger partial charge is 0.242 e. The Labute approximate surface area is 119 Å². The minimum Gasteiger partial charge on any atom is -0.245 e. The molecule has 2 aromatic heterocycles. The third kappa shape index (κ3) is 3.60. The maximum absolute atomic E-state index is 12.0. The molecule has 100 valence electrons. The summed E-state index contributed by atoms with van der Waals surface area (Å²) >= 11 is 11.4. The van der Waals surface area contributed by atoms with E-state index in [0.717, 1.165) is 6.20 Å². The van der Waals surface area contributed by atoms with E-state index in [4.69, 9.17) is 23.2 Å². The van der Waals surface area contributed by atoms with Crippen LogP contribution < -0.4 is 4.72 Å². The Balaban J connectivity index is 2.16. The van der Waals surface area contributed by atoms with Crippen LogP contribution in [0.1, 0.15) is 5.69 Å². The van der Waals surface area contributed by atoms with Gasteiger partial charge in [0, 0.05) is 12.4 Å². The van der Waals surface area contributed by atoms with Crippen LogP contribution in [0.5, 0.6) is 0 Å². The Morgan fingerprint density at radius 2 is 2.05 bits per heavy atom. The van der Waals surface area contributed by atoms with Crippen LogP contribution in [0.3, 0.4) is 0 Å². The van der Waals surface area contributed by atoms with E-state index in [0.29, 0.717) is 5.69 Å². The molecule has 2 heterocycles. The quantitative estimate of drug-likeness (QED) is 0.866. The number of pyridine rings is 1. The summed E-state index contributed by atoms with van der Waals surface area (Å²) < 4.78 is 26.3. The van der Waals surface area contributed by atoms with E-state index >= 15 is 0 Å². The lowest BCUT2D eigenvalue weighted by Gasteiger charge is -2.06. The van der Waals surface area contributed by atoms with Gasteiger partial charge >= 0.3 is 0 Å². The summed E-state index contributed by atoms with van der Waals surface area (Å²) in [6.07, 6.45) is 4.00. The summed E-state index contributed by atoms with van der Waals surface area (Å²) in [5.41, 5.74) is 0.548. The van der Waals surface area contributed by atoms with Crippen LogP contribution in [-0.2, 0) is 16.6 Å². The molecule has 0 aliphatic carbocycles. The molecule has 0 aliphatic heterocycles. The number of halogens is 2. The zero-order valence-electron chi connectivity index (χ0n) is 9.42. The van der Waals surface area contributed by atoms with Crippen LogP contribution in [0.4, 0.5) is 0 Å². The average Bonchev–Trinajstić information content (AvgIpc) is 2.41. The van der Waals surface area contributed by atoms with Crippen molar-refractivity contribution in [2.45, 2.75) is 11.4 Å². The molecule has 0 spiro atoms. The molecule has 0 aliphatic rings. The lowest BCUT2D eigenvalue weighted by atomic mass is 10.4. The van der Waals surface area contributed by atoms with Crippen molar-refractivity contribution in [1.82, 2.24) is 19.7 Å². The van der Waals surface area contributed by atoms with E-state index in [1.807, 2.05) is 0 Å². The number of hydrogen-bond donors (Lipinski definition) is 1. The lowest BCUT2D eigenvalue weighted by Crippen LogP contribution is -2.23. The number of nitrogens with zero attached hydrogens (tertiary/aromatic N) is 3. The molecule has 2 aromatic rings. The highest BCUT2D eigenvalue weighted by Crippen LogP contribution is 2.22. The first kappa shape index (κ1) is 14.1. The average molecular weight is 319 g/mol. The largest absolute Gasteiger partial charge is 0.245 e. The fraction of sp³-hybridized carbons (Fsp3) is 0.100. The zero-order valence-corrected chi connectivity index (χ0v) is 11.7. The standard InChI is InChI=1S/C10H8Cl2N4O2S/c11-9-3-8(5-14-10(9)12)19(17,18)16-4-7-1-2-13-6-15-7/h1-3,5-6,16H,4H2. The molecule has 0 saturated carbocycles. The van der Waals surface area contributed by atoms with Crippen LogP contribution in [0.25, 0.3) is 0 Å². The maximum Gasteiger partial charge on any atom is 0.242 e. The van der Waals surface area contributed by atoms with Crippen molar-refractivity contribution < 1.29 is 8.42 Å². The first-order chi connectivity index (χ1) is 8.99. The van der Waals surface area contributed by atoms with Gasteiger partial charge in [-0.15, -0.1) is 0 Å². The Hall–Kier alpha value is -1.28. The Morgan fingerprint density at radius 3 is 2.68 bits per heavy atom. The number of nitrogens with one attached hydrogen (secondary N) is 1. The third-order valence-corrected chi connectivity index (χ3v) is 4.22. The Morgan fingerprint density at radius 1 is 1.26 bits per heavy atom. The second kappa shape index (κ2) is 5.79. The molecular formula is C10H8Cl2N4O2S. The van der Waals surface area contributed by atoms with Crippen molar-refractivity contribution in [3.05, 3.63) is 46.7 Å². The van der Waals surface area contributed by atoms with Crippen LogP contribution in [0, 0.1) is 0 Å². The first-order valence-electron chi connectivity index (χ1n) is 5.04. The van der Waals surface area contributed by atoms with Gasteiger partial charge in [0.2, 0.25) is 10.0 Å². The van der Waals surface area contributed by atoms with Gasteiger partial charge in [-0.3, -0.25) is 0 Å². The van der Waals surface area contributed by atoms with E-state index in [9.17, 15) is 8.42 Å². The van der Waals surface area contributed by atoms with E-state index in [2.05, 4.69) is 19.7 Å². The first-order valence-corrected chi connectivity index (χ1v) is 7.28. The molecule has 0 saturated heterocycles. The summed E-state index contributed by atoms with van der Waals surface area (Å²) in [7, 11) is -3.71. The second-order valence-corrected chi connectivity index (χ2v) is 6.00. The van der Waals surface area contributed by atoms with Crippen molar-refractivity contribution in [3.63, 3.8) is 0 Å². The number of hydrogen-bond acceptors (Lipinski definition) is 5. The molecule has 0 bridgehead atoms. The predicted molar refractivity (Wildman–Crippen MR) is 70.3 cm³/mol. The Bertz CT molecular complexity index is 679. The van der Waals surface area contributed by atoms with Gasteiger partial charge in [-0.25, -0.2) is 28.1 Å². The zero-order chi connectivity index (χ0) is 13.9. The monoisotopic (exact) mass is 318 g/mol. The number of aromatic nitrogens is 3. The summed E-state index contributed by atoms with van der Waals surface area (Å²) in [4.78, 5) is 11.3. The van der Waals surface area contributed by atoms with E-state index < -0.39 is 10.0 Å². The fourth-order valence-electron chi connectivity index (χ4n) is 1.23. The van der Waals surface area contributed by atoms with Crippen LogP contribution in [0.2, 0.25) is 10.2 Å². The van der Waals surface area contributed by atoms with Crippen LogP contribution in [0.15, 0.2) is 35.7 Å². The maximum atomic E-state index is 12.0. The normalized spacial score (nSPS) is 11.5. The molecule has 19 heavy (non-hydrogen) atoms. The van der Waals surface area contributed by atoms with E-state index in [-0.39, 0.29) is 21.6 Å². The van der Waals surface area contributed by atoms with Gasteiger partial charge in [0.15, 0.2) is 0 Å². The van der Waals surface area contributed by atoms with Crippen molar-refractivity contribution in [3.8, 4) is 0 Å². The molecular weight excluding hydrogens is 311 g/mol. The van der Waals surface area contributed by atoms with Gasteiger partial charge in [-0.2, -0.15) is 0 Å². The molecule has 2 rings (SSSR count). The summed E-state index contributed by atoms with van der Waals surface area (Å²) in [5.74, 6) is 0.